The van der Waals surface area contributed by atoms with Gasteiger partial charge in [-0.25, -0.2) is 0 Å². The zero-order valence-corrected chi connectivity index (χ0v) is 19.8. The summed E-state index contributed by atoms with van der Waals surface area (Å²) in [5.41, 5.74) is 5.29. The second-order valence-electron chi connectivity index (χ2n) is 7.50. The molecule has 28 heavy (non-hydrogen) atoms. The minimum absolute atomic E-state index is 0.423. The van der Waals surface area contributed by atoms with Crippen molar-refractivity contribution in [1.82, 2.24) is 0 Å². The van der Waals surface area contributed by atoms with Crippen LogP contribution in [0.4, 0.5) is 5.69 Å². The van der Waals surface area contributed by atoms with E-state index in [0.717, 1.165) is 16.8 Å². The molecule has 0 unspecified atom stereocenters. The number of benzene rings is 2. The predicted octanol–water partition coefficient (Wildman–Crippen LogP) is 7.96. The van der Waals surface area contributed by atoms with Gasteiger partial charge in [-0.2, -0.15) is 0 Å². The standard InChI is InChI=1S/C23H29NO.2ClH.Ti/c1-17-10-12-21(13-11-17)24-16-20-14-18(2)15-22(23(20)25)19-8-6-4-3-5-7-9-19;;;/h10-16,19,25H,3-9H2,1-2H3;2*1H;/q;;;+2/p-2. The molecular formula is C23H29Cl2NOTi. The van der Waals surface area contributed by atoms with Gasteiger partial charge in [0.1, 0.15) is 5.75 Å². The van der Waals surface area contributed by atoms with Crippen LogP contribution in [0.3, 0.4) is 0 Å². The van der Waals surface area contributed by atoms with E-state index in [1.165, 1.54) is 56.1 Å². The van der Waals surface area contributed by atoms with Gasteiger partial charge in [-0.05, 0) is 61.9 Å². The Hall–Kier alpha value is -0.796. The normalized spacial score (nSPS) is 15.4. The molecule has 2 aromatic carbocycles. The molecule has 0 spiro atoms. The number of phenols is 1. The minimum atomic E-state index is -0.556. The number of halogens is 2. The monoisotopic (exact) mass is 453 g/mol. The summed E-state index contributed by atoms with van der Waals surface area (Å²) in [6, 6.07) is 12.3. The molecular weight excluding hydrogens is 425 g/mol. The van der Waals surface area contributed by atoms with Crippen molar-refractivity contribution >= 4 is 30.5 Å². The molecule has 1 saturated carbocycles. The molecule has 1 aliphatic carbocycles. The van der Waals surface area contributed by atoms with Crippen molar-refractivity contribution < 1.29 is 22.1 Å². The van der Waals surface area contributed by atoms with E-state index in [0.29, 0.717) is 11.7 Å². The Bertz CT molecular complexity index is 754. The van der Waals surface area contributed by atoms with E-state index in [-0.39, 0.29) is 0 Å². The first-order valence-corrected chi connectivity index (χ1v) is 14.3. The third kappa shape index (κ3) is 7.56. The molecule has 0 aliphatic heterocycles. The van der Waals surface area contributed by atoms with Crippen molar-refractivity contribution in [2.45, 2.75) is 64.7 Å². The van der Waals surface area contributed by atoms with Crippen LogP contribution in [0, 0.1) is 13.8 Å². The van der Waals surface area contributed by atoms with Gasteiger partial charge in [0.2, 0.25) is 0 Å². The summed E-state index contributed by atoms with van der Waals surface area (Å²) >= 11 is -0.556. The fraction of sp³-hybridized carbons (Fsp3) is 0.435. The zero-order chi connectivity index (χ0) is 20.4. The van der Waals surface area contributed by atoms with Crippen LogP contribution in [0.15, 0.2) is 41.4 Å². The van der Waals surface area contributed by atoms with E-state index in [1.807, 2.05) is 18.2 Å². The molecule has 0 aromatic heterocycles. The molecule has 3 rings (SSSR count). The fourth-order valence-corrected chi connectivity index (χ4v) is 3.79. The summed E-state index contributed by atoms with van der Waals surface area (Å²) in [5, 5.41) is 10.9. The van der Waals surface area contributed by atoms with Crippen LogP contribution in [-0.4, -0.2) is 11.3 Å². The quantitative estimate of drug-likeness (QED) is 0.370. The Balaban J connectivity index is 0.000000878. The molecule has 0 bridgehead atoms. The van der Waals surface area contributed by atoms with Crippen molar-refractivity contribution in [2.75, 3.05) is 0 Å². The van der Waals surface area contributed by atoms with Gasteiger partial charge < -0.3 is 5.11 Å². The maximum absolute atomic E-state index is 10.9. The molecule has 1 N–H and O–H groups in total. The van der Waals surface area contributed by atoms with E-state index in [2.05, 4.69) is 37.0 Å². The molecule has 2 nitrogen and oxygen atoms in total. The average Bonchev–Trinajstić information content (AvgIpc) is 2.64. The second kappa shape index (κ2) is 12.7. The number of aliphatic imine (C=N–C) groups is 1. The van der Waals surface area contributed by atoms with Gasteiger partial charge in [0.05, 0.1) is 5.69 Å². The Labute approximate surface area is 186 Å². The van der Waals surface area contributed by atoms with Gasteiger partial charge in [-0.3, -0.25) is 4.99 Å². The van der Waals surface area contributed by atoms with Gasteiger partial charge in [-0.1, -0.05) is 55.9 Å². The van der Waals surface area contributed by atoms with Crippen molar-refractivity contribution in [3.63, 3.8) is 0 Å². The van der Waals surface area contributed by atoms with Gasteiger partial charge in [0.15, 0.2) is 0 Å². The number of hydrogen-bond donors (Lipinski definition) is 1. The van der Waals surface area contributed by atoms with E-state index < -0.39 is 17.0 Å². The maximum atomic E-state index is 10.9. The van der Waals surface area contributed by atoms with Crippen LogP contribution >= 0.6 is 18.6 Å². The summed E-state index contributed by atoms with van der Waals surface area (Å²) in [4.78, 5) is 4.55. The first kappa shape index (κ1) is 23.5. The van der Waals surface area contributed by atoms with Gasteiger partial charge >= 0.3 is 35.6 Å². The number of aromatic hydroxyl groups is 1. The van der Waals surface area contributed by atoms with Crippen molar-refractivity contribution in [3.8, 4) is 5.75 Å². The summed E-state index contributed by atoms with van der Waals surface area (Å²) in [5.74, 6) is 0.902. The van der Waals surface area contributed by atoms with E-state index in [4.69, 9.17) is 18.6 Å². The molecule has 5 heteroatoms. The van der Waals surface area contributed by atoms with Crippen LogP contribution in [0.2, 0.25) is 0 Å². The number of aryl methyl sites for hydroxylation is 2. The Morgan fingerprint density at radius 2 is 1.50 bits per heavy atom. The molecule has 150 valence electrons. The van der Waals surface area contributed by atoms with Gasteiger partial charge in [0.25, 0.3) is 0 Å². The molecule has 0 heterocycles. The van der Waals surface area contributed by atoms with Crippen molar-refractivity contribution in [3.05, 3.63) is 58.7 Å². The first-order chi connectivity index (χ1) is 13.5. The fourth-order valence-electron chi connectivity index (χ4n) is 3.79. The first-order valence-electron chi connectivity index (χ1n) is 9.95. The second-order valence-corrected chi connectivity index (χ2v) is 10.1. The van der Waals surface area contributed by atoms with E-state index in [9.17, 15) is 5.11 Å². The van der Waals surface area contributed by atoms with Gasteiger partial charge in [-0.15, -0.1) is 0 Å². The van der Waals surface area contributed by atoms with Crippen LogP contribution in [0.25, 0.3) is 0 Å². The third-order valence-corrected chi connectivity index (χ3v) is 5.24. The van der Waals surface area contributed by atoms with Crippen LogP contribution in [-0.2, 0) is 17.0 Å². The number of hydrogen-bond acceptors (Lipinski definition) is 2. The third-order valence-electron chi connectivity index (χ3n) is 5.24. The molecule has 0 amide bonds. The van der Waals surface area contributed by atoms with Gasteiger partial charge in [0, 0.05) is 11.8 Å². The number of phenolic OH excluding ortho intramolecular Hbond substituents is 1. The van der Waals surface area contributed by atoms with Crippen LogP contribution in [0.5, 0.6) is 5.75 Å². The Morgan fingerprint density at radius 3 is 2.11 bits per heavy atom. The summed E-state index contributed by atoms with van der Waals surface area (Å²) in [6.45, 7) is 4.18. The topological polar surface area (TPSA) is 32.6 Å². The number of nitrogens with zero attached hydrogens (tertiary/aromatic N) is 1. The average molecular weight is 454 g/mol. The molecule has 0 atom stereocenters. The molecule has 1 fully saturated rings. The van der Waals surface area contributed by atoms with E-state index in [1.54, 1.807) is 6.21 Å². The summed E-state index contributed by atoms with van der Waals surface area (Å²) < 4.78 is 0. The summed E-state index contributed by atoms with van der Waals surface area (Å²) in [6.07, 6.45) is 10.7. The molecule has 2 aromatic rings. The molecule has 0 saturated heterocycles. The van der Waals surface area contributed by atoms with Crippen LogP contribution in [0.1, 0.15) is 73.1 Å². The Kier molecular flexibility index (Phi) is 10.7. The van der Waals surface area contributed by atoms with Crippen molar-refractivity contribution in [2.24, 2.45) is 4.99 Å². The number of rotatable bonds is 3. The zero-order valence-electron chi connectivity index (χ0n) is 16.7. The summed E-state index contributed by atoms with van der Waals surface area (Å²) in [7, 11) is 9.78. The van der Waals surface area contributed by atoms with Crippen LogP contribution < -0.4 is 0 Å². The van der Waals surface area contributed by atoms with Crippen molar-refractivity contribution in [1.29, 1.82) is 0 Å². The molecule has 0 radical (unpaired) electrons. The predicted molar refractivity (Wildman–Crippen MR) is 118 cm³/mol. The SMILES string of the molecule is Cc1ccc(N=Cc2cc(C)cc(C3CCCCCCC3)c2O)cc1.[Cl][Ti][Cl]. The molecule has 1 aliphatic rings. The Morgan fingerprint density at radius 1 is 0.929 bits per heavy atom. The van der Waals surface area contributed by atoms with E-state index >= 15 is 0 Å².